The molecule has 2 atom stereocenters. The van der Waals surface area contributed by atoms with Gasteiger partial charge in [0.2, 0.25) is 0 Å². The molecule has 0 aromatic heterocycles. The Kier molecular flexibility index (Phi) is 7.36. The monoisotopic (exact) mass is 400 g/mol. The molecule has 6 heteroatoms. The number of benzene rings is 2. The second kappa shape index (κ2) is 9.96. The predicted octanol–water partition coefficient (Wildman–Crippen LogP) is 2.75. The summed E-state index contributed by atoms with van der Waals surface area (Å²) in [5, 5.41) is 9.83. The molecule has 0 aliphatic carbocycles. The fourth-order valence-corrected chi connectivity index (χ4v) is 4.01. The Hall–Kier alpha value is -2.28. The van der Waals surface area contributed by atoms with Crippen molar-refractivity contribution in [2.45, 2.75) is 0 Å². The minimum Gasteiger partial charge on any atom is -0.396 e. The summed E-state index contributed by atoms with van der Waals surface area (Å²) < 4.78 is 19.5. The number of rotatable bonds is 8. The van der Waals surface area contributed by atoms with E-state index in [1.165, 1.54) is 6.07 Å². The Morgan fingerprint density at radius 3 is 2.48 bits per heavy atom. The molecule has 0 radical (unpaired) electrons. The molecule has 2 aromatic carbocycles. The second-order valence-electron chi connectivity index (χ2n) is 7.69. The number of amides is 1. The molecule has 5 nitrogen and oxygen atoms in total. The van der Waals surface area contributed by atoms with Gasteiger partial charge in [0, 0.05) is 56.9 Å². The van der Waals surface area contributed by atoms with Crippen molar-refractivity contribution in [1.29, 1.82) is 0 Å². The lowest BCUT2D eigenvalue weighted by molar-refractivity contribution is 0.0779. The number of likely N-dealkylation sites (tertiary alicyclic amines) is 1. The van der Waals surface area contributed by atoms with Gasteiger partial charge in [-0.25, -0.2) is 4.39 Å². The van der Waals surface area contributed by atoms with Crippen molar-refractivity contribution >= 4 is 5.91 Å². The molecule has 1 saturated heterocycles. The van der Waals surface area contributed by atoms with Gasteiger partial charge in [-0.1, -0.05) is 36.4 Å². The summed E-state index contributed by atoms with van der Waals surface area (Å²) in [6.45, 7) is 3.35. The van der Waals surface area contributed by atoms with E-state index < -0.39 is 0 Å². The molecular formula is C23H29FN2O3. The molecule has 1 aliphatic rings. The Morgan fingerprint density at radius 1 is 1.14 bits per heavy atom. The number of nitrogens with zero attached hydrogens (tertiary/aromatic N) is 2. The number of hydrogen-bond donors (Lipinski definition) is 1. The Labute approximate surface area is 171 Å². The zero-order valence-electron chi connectivity index (χ0n) is 17.1. The highest BCUT2D eigenvalue weighted by molar-refractivity contribution is 6.01. The molecule has 3 rings (SSSR count). The smallest absolute Gasteiger partial charge is 0.254 e. The van der Waals surface area contributed by atoms with Crippen molar-refractivity contribution in [3.8, 4) is 11.1 Å². The van der Waals surface area contributed by atoms with Gasteiger partial charge in [-0.3, -0.25) is 4.79 Å². The van der Waals surface area contributed by atoms with Crippen LogP contribution in [0, 0.1) is 17.7 Å². The highest BCUT2D eigenvalue weighted by atomic mass is 19.1. The van der Waals surface area contributed by atoms with E-state index in [0.717, 1.165) is 13.1 Å². The van der Waals surface area contributed by atoms with Gasteiger partial charge in [0.15, 0.2) is 0 Å². The summed E-state index contributed by atoms with van der Waals surface area (Å²) in [4.78, 5) is 17.3. The molecule has 0 saturated carbocycles. The van der Waals surface area contributed by atoms with Gasteiger partial charge in [0.1, 0.15) is 5.82 Å². The average Bonchev–Trinajstić information content (AvgIpc) is 3.15. The molecule has 1 aliphatic heterocycles. The molecule has 1 fully saturated rings. The van der Waals surface area contributed by atoms with Crippen molar-refractivity contribution in [2.24, 2.45) is 11.8 Å². The first-order chi connectivity index (χ1) is 14.0. The van der Waals surface area contributed by atoms with Crippen LogP contribution in [0.2, 0.25) is 0 Å². The number of methoxy groups -OCH3 is 1. The lowest BCUT2D eigenvalue weighted by Crippen LogP contribution is -2.33. The number of likely N-dealkylation sites (N-methyl/N-ethyl adjacent to an activating group) is 1. The number of halogens is 1. The maximum Gasteiger partial charge on any atom is 0.254 e. The fourth-order valence-electron chi connectivity index (χ4n) is 4.01. The molecular weight excluding hydrogens is 371 g/mol. The summed E-state index contributed by atoms with van der Waals surface area (Å²) in [5.74, 6) is -0.250. The second-order valence-corrected chi connectivity index (χ2v) is 7.69. The van der Waals surface area contributed by atoms with E-state index in [4.69, 9.17) is 4.74 Å². The van der Waals surface area contributed by atoms with E-state index >= 15 is 0 Å². The highest BCUT2D eigenvalue weighted by Crippen LogP contribution is 2.30. The maximum absolute atomic E-state index is 14.3. The molecule has 1 amide bonds. The van der Waals surface area contributed by atoms with Crippen molar-refractivity contribution < 1.29 is 19.0 Å². The largest absolute Gasteiger partial charge is 0.396 e. The topological polar surface area (TPSA) is 53.0 Å². The summed E-state index contributed by atoms with van der Waals surface area (Å²) >= 11 is 0. The van der Waals surface area contributed by atoms with Gasteiger partial charge in [0.05, 0.1) is 6.61 Å². The van der Waals surface area contributed by atoms with Gasteiger partial charge >= 0.3 is 0 Å². The first-order valence-corrected chi connectivity index (χ1v) is 9.96. The number of aliphatic hydroxyl groups excluding tert-OH is 1. The first kappa shape index (κ1) is 21.4. The third kappa shape index (κ3) is 5.01. The lowest BCUT2D eigenvalue weighted by atomic mass is 9.96. The molecule has 0 unspecified atom stereocenters. The van der Waals surface area contributed by atoms with Crippen molar-refractivity contribution in [3.05, 3.63) is 59.9 Å². The van der Waals surface area contributed by atoms with Crippen LogP contribution >= 0.6 is 0 Å². The quantitative estimate of drug-likeness (QED) is 0.740. The summed E-state index contributed by atoms with van der Waals surface area (Å²) in [6.07, 6.45) is 0. The minimum atomic E-state index is -0.347. The SMILES string of the molecule is COCCN(C)C[C@@H]1CN(C(=O)c2ccccc2-c2ccccc2F)C[C@@H]1CO. The van der Waals surface area contributed by atoms with Crippen LogP contribution in [0.1, 0.15) is 10.4 Å². The third-order valence-corrected chi connectivity index (χ3v) is 5.64. The van der Waals surface area contributed by atoms with E-state index in [1.807, 2.05) is 13.1 Å². The molecule has 156 valence electrons. The van der Waals surface area contributed by atoms with Crippen LogP contribution in [0.4, 0.5) is 4.39 Å². The fraction of sp³-hybridized carbons (Fsp3) is 0.435. The number of hydrogen-bond acceptors (Lipinski definition) is 4. The first-order valence-electron chi connectivity index (χ1n) is 9.96. The Bertz CT molecular complexity index is 829. The van der Waals surface area contributed by atoms with Crippen LogP contribution < -0.4 is 0 Å². The molecule has 2 aromatic rings. The number of carbonyl (C=O) groups is 1. The van der Waals surface area contributed by atoms with Gasteiger partial charge < -0.3 is 19.6 Å². The van der Waals surface area contributed by atoms with Crippen LogP contribution in [0.3, 0.4) is 0 Å². The molecule has 1 N–H and O–H groups in total. The van der Waals surface area contributed by atoms with E-state index in [0.29, 0.717) is 36.4 Å². The Balaban J connectivity index is 1.79. The number of ether oxygens (including phenoxy) is 1. The van der Waals surface area contributed by atoms with Gasteiger partial charge in [-0.2, -0.15) is 0 Å². The van der Waals surface area contributed by atoms with E-state index in [-0.39, 0.29) is 30.2 Å². The lowest BCUT2D eigenvalue weighted by Gasteiger charge is -2.23. The van der Waals surface area contributed by atoms with Crippen molar-refractivity contribution in [1.82, 2.24) is 9.80 Å². The highest BCUT2D eigenvalue weighted by Gasteiger charge is 2.36. The van der Waals surface area contributed by atoms with Crippen LogP contribution in [0.25, 0.3) is 11.1 Å². The van der Waals surface area contributed by atoms with Crippen LogP contribution in [0.5, 0.6) is 0 Å². The van der Waals surface area contributed by atoms with E-state index in [2.05, 4.69) is 4.90 Å². The van der Waals surface area contributed by atoms with Crippen LogP contribution in [0.15, 0.2) is 48.5 Å². The standard InChI is InChI=1S/C23H29FN2O3/c1-25(11-12-29-2)13-17-14-26(15-18(17)16-27)23(28)21-9-4-3-7-19(21)20-8-5-6-10-22(20)24/h3-10,17-18,27H,11-16H2,1-2H3/t17-,18-/m1/s1. The zero-order valence-corrected chi connectivity index (χ0v) is 17.1. The molecule has 29 heavy (non-hydrogen) atoms. The van der Waals surface area contributed by atoms with Crippen molar-refractivity contribution in [2.75, 3.05) is 53.6 Å². The maximum atomic E-state index is 14.3. The van der Waals surface area contributed by atoms with Crippen molar-refractivity contribution in [3.63, 3.8) is 0 Å². The van der Waals surface area contributed by atoms with Crippen LogP contribution in [-0.4, -0.2) is 74.4 Å². The zero-order chi connectivity index (χ0) is 20.8. The molecule has 1 heterocycles. The summed E-state index contributed by atoms with van der Waals surface area (Å²) in [7, 11) is 3.69. The van der Waals surface area contributed by atoms with Gasteiger partial charge in [0.25, 0.3) is 5.91 Å². The Morgan fingerprint density at radius 2 is 1.79 bits per heavy atom. The molecule has 0 spiro atoms. The van der Waals surface area contributed by atoms with E-state index in [9.17, 15) is 14.3 Å². The average molecular weight is 400 g/mol. The normalized spacial score (nSPS) is 19.1. The summed E-state index contributed by atoms with van der Waals surface area (Å²) in [5.41, 5.74) is 1.50. The molecule has 0 bridgehead atoms. The van der Waals surface area contributed by atoms with Gasteiger partial charge in [-0.15, -0.1) is 0 Å². The summed E-state index contributed by atoms with van der Waals surface area (Å²) in [6, 6.07) is 13.6. The number of carbonyl (C=O) groups excluding carboxylic acids is 1. The predicted molar refractivity (Wildman–Crippen MR) is 111 cm³/mol. The van der Waals surface area contributed by atoms with E-state index in [1.54, 1.807) is 48.4 Å². The van der Waals surface area contributed by atoms with Gasteiger partial charge in [-0.05, 0) is 30.7 Å². The minimum absolute atomic E-state index is 0.0320. The number of aliphatic hydroxyl groups is 1. The third-order valence-electron chi connectivity index (χ3n) is 5.64. The van der Waals surface area contributed by atoms with Crippen LogP contribution in [-0.2, 0) is 4.74 Å².